The monoisotopic (exact) mass is 262 g/mol. The maximum Gasteiger partial charge on any atom is 0.218 e. The molecule has 0 spiro atoms. The highest BCUT2D eigenvalue weighted by Gasteiger charge is 2.17. The van der Waals surface area contributed by atoms with Crippen LogP contribution in [0.15, 0.2) is 0 Å². The van der Waals surface area contributed by atoms with Crippen LogP contribution < -0.4 is 0 Å². The molecule has 0 aliphatic heterocycles. The highest BCUT2D eigenvalue weighted by Crippen LogP contribution is 2.24. The topological polar surface area (TPSA) is 0 Å². The molecule has 0 aliphatic carbocycles. The lowest BCUT2D eigenvalue weighted by Gasteiger charge is -2.07. The van der Waals surface area contributed by atoms with E-state index in [4.69, 9.17) is 11.1 Å². The summed E-state index contributed by atoms with van der Waals surface area (Å²) in [5.74, 6) is 0. The largest absolute Gasteiger partial charge is 0.218 e. The maximum absolute atomic E-state index is 6.04. The minimum Gasteiger partial charge on any atom is -0.153 e. The Morgan fingerprint density at radius 1 is 1.62 bits per heavy atom. The van der Waals surface area contributed by atoms with Gasteiger partial charge in [0.1, 0.15) is 0 Å². The number of hydrogen-bond acceptors (Lipinski definition) is 0. The van der Waals surface area contributed by atoms with E-state index >= 15 is 0 Å². The average Bonchev–Trinajstić information content (AvgIpc) is 1.59. The Kier molecular flexibility index (Phi) is 4.75. The molecule has 0 saturated carbocycles. The van der Waals surface area contributed by atoms with Crippen LogP contribution in [-0.4, -0.2) is 4.88 Å². The molecule has 3 heteroatoms. The zero-order valence-corrected chi connectivity index (χ0v) is 9.29. The average molecular weight is 263 g/mol. The van der Waals surface area contributed by atoms with Crippen LogP contribution in [0.5, 0.6) is 0 Å². The molecule has 0 aromatic rings. The van der Waals surface area contributed by atoms with Crippen molar-refractivity contribution in [2.24, 2.45) is 0 Å². The quantitative estimate of drug-likeness (QED) is 0.415. The van der Waals surface area contributed by atoms with Gasteiger partial charge >= 0.3 is 0 Å². The van der Waals surface area contributed by atoms with Crippen molar-refractivity contribution in [2.45, 2.75) is 32.4 Å². The fourth-order valence-corrected chi connectivity index (χ4v) is 3.01. The van der Waals surface area contributed by atoms with E-state index in [9.17, 15) is 0 Å². The predicted molar refractivity (Wildman–Crippen MR) is 51.2 cm³/mol. The Morgan fingerprint density at radius 3 is 2.25 bits per heavy atom. The third-order valence-electron chi connectivity index (χ3n) is 0.969. The number of rotatable bonds is 3. The Bertz CT molecular complexity index is 59.9. The Morgan fingerprint density at radius 2 is 2.12 bits per heavy atom. The lowest BCUT2D eigenvalue weighted by Crippen LogP contribution is -2.09. The number of unbranched alkanes of at least 4 members (excludes halogenated alkanes) is 1. The van der Waals surface area contributed by atoms with Crippen LogP contribution in [0.1, 0.15) is 19.8 Å². The van der Waals surface area contributed by atoms with Crippen molar-refractivity contribution in [3.63, 3.8) is 0 Å². The molecule has 0 saturated heterocycles. The van der Waals surface area contributed by atoms with Gasteiger partial charge in [0.25, 0.3) is 0 Å². The minimum absolute atomic E-state index is 1.24. The van der Waals surface area contributed by atoms with Crippen LogP contribution in [0.25, 0.3) is 0 Å². The van der Waals surface area contributed by atoms with Gasteiger partial charge in [-0.25, -0.2) is 0 Å². The van der Waals surface area contributed by atoms with Gasteiger partial charge in [-0.15, -0.1) is 0 Å². The van der Waals surface area contributed by atoms with E-state index in [0.717, 1.165) is 0 Å². The standard InChI is InChI=1S/C5H12ClISi/c1-3-4-5-8(2,6)7/h3-5H2,1-2H3. The first-order valence-electron chi connectivity index (χ1n) is 2.94. The second kappa shape index (κ2) is 4.12. The van der Waals surface area contributed by atoms with Crippen LogP contribution in [0.3, 0.4) is 0 Å². The lowest BCUT2D eigenvalue weighted by atomic mass is 10.4. The van der Waals surface area contributed by atoms with Crippen LogP contribution in [0.4, 0.5) is 0 Å². The lowest BCUT2D eigenvalue weighted by molar-refractivity contribution is 0.878. The Labute approximate surface area is 69.9 Å². The van der Waals surface area contributed by atoms with Crippen molar-refractivity contribution in [2.75, 3.05) is 0 Å². The van der Waals surface area contributed by atoms with Gasteiger partial charge < -0.3 is 0 Å². The molecule has 1 unspecified atom stereocenters. The molecular weight excluding hydrogens is 250 g/mol. The van der Waals surface area contributed by atoms with Gasteiger partial charge in [-0.3, -0.25) is 0 Å². The number of halogens is 2. The highest BCUT2D eigenvalue weighted by molar-refractivity contribution is 14.1. The van der Waals surface area contributed by atoms with Crippen molar-refractivity contribution in [1.82, 2.24) is 0 Å². The van der Waals surface area contributed by atoms with Crippen molar-refractivity contribution in [1.29, 1.82) is 0 Å². The fourth-order valence-electron chi connectivity index (χ4n) is 0.487. The van der Waals surface area contributed by atoms with E-state index in [2.05, 4.69) is 35.3 Å². The maximum atomic E-state index is 6.04. The summed E-state index contributed by atoms with van der Waals surface area (Å²) in [6, 6.07) is 1.26. The van der Waals surface area contributed by atoms with E-state index in [1.807, 2.05) is 0 Å². The molecule has 8 heavy (non-hydrogen) atoms. The molecule has 0 aromatic heterocycles. The normalized spacial score (nSPS) is 18.0. The molecule has 0 rings (SSSR count). The molecule has 1 atom stereocenters. The van der Waals surface area contributed by atoms with Gasteiger partial charge in [0, 0.05) is 0 Å². The van der Waals surface area contributed by atoms with Gasteiger partial charge in [0.05, 0.1) is 0 Å². The molecule has 0 fully saturated rings. The molecule has 0 radical (unpaired) electrons. The predicted octanol–water partition coefficient (Wildman–Crippen LogP) is 3.53. The molecule has 0 N–H and O–H groups in total. The van der Waals surface area contributed by atoms with E-state index in [-0.39, 0.29) is 0 Å². The van der Waals surface area contributed by atoms with Crippen molar-refractivity contribution in [3.8, 4) is 0 Å². The summed E-state index contributed by atoms with van der Waals surface area (Å²) in [7, 11) is 0. The Balaban J connectivity index is 3.11. The fraction of sp³-hybridized carbons (Fsp3) is 1.00. The van der Waals surface area contributed by atoms with E-state index < -0.39 is 4.88 Å². The van der Waals surface area contributed by atoms with Gasteiger partial charge in [0.15, 0.2) is 0 Å². The molecule has 0 bridgehead atoms. The molecule has 0 aliphatic rings. The second-order valence-corrected chi connectivity index (χ2v) is 16.4. The molecule has 0 heterocycles. The molecule has 0 aromatic carbocycles. The van der Waals surface area contributed by atoms with Crippen molar-refractivity contribution >= 4 is 37.8 Å². The van der Waals surface area contributed by atoms with Gasteiger partial charge in [0.2, 0.25) is 4.88 Å². The first-order valence-corrected chi connectivity index (χ1v) is 9.77. The van der Waals surface area contributed by atoms with Crippen molar-refractivity contribution < 1.29 is 0 Å². The highest BCUT2D eigenvalue weighted by atomic mass is 127. The third kappa shape index (κ3) is 7.24. The summed E-state index contributed by atoms with van der Waals surface area (Å²) < 4.78 is 0. The molecular formula is C5H12ClISi. The first-order chi connectivity index (χ1) is 3.56. The van der Waals surface area contributed by atoms with Gasteiger partial charge in [-0.05, 0) is 12.6 Å². The SMILES string of the molecule is CCCC[Si](C)(Cl)I. The van der Waals surface area contributed by atoms with Crippen LogP contribution in [0, 0.1) is 0 Å². The van der Waals surface area contributed by atoms with E-state index in [0.29, 0.717) is 0 Å². The van der Waals surface area contributed by atoms with Crippen LogP contribution in [-0.2, 0) is 0 Å². The summed E-state index contributed by atoms with van der Waals surface area (Å²) in [6.45, 7) is 4.39. The van der Waals surface area contributed by atoms with Gasteiger partial charge in [-0.1, -0.05) is 41.6 Å². The zero-order chi connectivity index (χ0) is 6.62. The minimum atomic E-state index is -1.24. The first kappa shape index (κ1) is 9.24. The van der Waals surface area contributed by atoms with E-state index in [1.54, 1.807) is 0 Å². The Hall–Kier alpha value is 1.24. The molecule has 0 amide bonds. The molecule has 0 nitrogen and oxygen atoms in total. The third-order valence-corrected chi connectivity index (χ3v) is 4.39. The van der Waals surface area contributed by atoms with E-state index in [1.165, 1.54) is 18.9 Å². The molecule has 50 valence electrons. The smallest absolute Gasteiger partial charge is 0.153 e. The zero-order valence-electron chi connectivity index (χ0n) is 5.38. The summed E-state index contributed by atoms with van der Waals surface area (Å²) in [5.41, 5.74) is 0. The van der Waals surface area contributed by atoms with Gasteiger partial charge in [-0.2, -0.15) is 11.1 Å². The summed E-state index contributed by atoms with van der Waals surface area (Å²) in [6.07, 6.45) is 2.58. The second-order valence-electron chi connectivity index (χ2n) is 2.17. The summed E-state index contributed by atoms with van der Waals surface area (Å²) >= 11 is 8.44. The van der Waals surface area contributed by atoms with Crippen LogP contribution >= 0.6 is 32.9 Å². The van der Waals surface area contributed by atoms with Crippen molar-refractivity contribution in [3.05, 3.63) is 0 Å². The van der Waals surface area contributed by atoms with Crippen LogP contribution in [0.2, 0.25) is 12.6 Å². The number of hydrogen-bond donors (Lipinski definition) is 0. The summed E-state index contributed by atoms with van der Waals surface area (Å²) in [4.78, 5) is -1.24. The summed E-state index contributed by atoms with van der Waals surface area (Å²) in [5, 5.41) is 0.